The summed E-state index contributed by atoms with van der Waals surface area (Å²) < 4.78 is 5.05. The van der Waals surface area contributed by atoms with E-state index in [0.29, 0.717) is 40.1 Å². The Kier molecular flexibility index (Phi) is 8.47. The zero-order valence-electron chi connectivity index (χ0n) is 18.8. The molecule has 170 valence electrons. The molecule has 0 amide bonds. The topological polar surface area (TPSA) is 86.5 Å². The van der Waals surface area contributed by atoms with E-state index in [-0.39, 0.29) is 17.5 Å². The van der Waals surface area contributed by atoms with Crippen LogP contribution in [-0.2, 0) is 4.79 Å². The minimum absolute atomic E-state index is 0.0237. The third kappa shape index (κ3) is 6.74. The Morgan fingerprint density at radius 1 is 0.588 bits per heavy atom. The van der Waals surface area contributed by atoms with Crippen LogP contribution in [0, 0.1) is 0 Å². The van der Waals surface area contributed by atoms with E-state index in [2.05, 4.69) is 0 Å². The standard InChI is InChI=1S/C16H14O3.C13H11NO/c1-2-15(17)19-14-10-8-13(9-11-14)16(18)12-6-4-3-5-7-12;14-12-8-6-11(7-9-12)13(15)10-4-2-1-3-5-10/h3-11H,2H2,1H3;1-9H,14H2. The minimum atomic E-state index is -0.290. The first-order valence-electron chi connectivity index (χ1n) is 10.8. The normalized spacial score (nSPS) is 9.91. The summed E-state index contributed by atoms with van der Waals surface area (Å²) in [6.07, 6.45) is 0.324. The molecular weight excluding hydrogens is 426 g/mol. The number of ketones is 2. The van der Waals surface area contributed by atoms with Gasteiger partial charge in [0.15, 0.2) is 11.6 Å². The van der Waals surface area contributed by atoms with Crippen molar-refractivity contribution in [2.24, 2.45) is 0 Å². The van der Waals surface area contributed by atoms with E-state index in [0.717, 1.165) is 0 Å². The molecule has 0 aliphatic heterocycles. The maximum Gasteiger partial charge on any atom is 0.310 e. The molecule has 5 nitrogen and oxygen atoms in total. The van der Waals surface area contributed by atoms with Crippen molar-refractivity contribution in [3.8, 4) is 5.75 Å². The minimum Gasteiger partial charge on any atom is -0.427 e. The van der Waals surface area contributed by atoms with Crippen LogP contribution in [0.15, 0.2) is 109 Å². The molecule has 0 atom stereocenters. The fraction of sp³-hybridized carbons (Fsp3) is 0.0690. The lowest BCUT2D eigenvalue weighted by molar-refractivity contribution is -0.134. The fourth-order valence-corrected chi connectivity index (χ4v) is 3.02. The van der Waals surface area contributed by atoms with Gasteiger partial charge in [0.05, 0.1) is 0 Å². The molecule has 0 saturated heterocycles. The first-order chi connectivity index (χ1) is 16.5. The SMILES string of the molecule is CCC(=O)Oc1ccc(C(=O)c2ccccc2)cc1.Nc1ccc(C(=O)c2ccccc2)cc1. The molecule has 4 rings (SSSR count). The van der Waals surface area contributed by atoms with Crippen molar-refractivity contribution in [1.29, 1.82) is 0 Å². The van der Waals surface area contributed by atoms with Gasteiger partial charge in [-0.25, -0.2) is 0 Å². The van der Waals surface area contributed by atoms with Gasteiger partial charge in [0.2, 0.25) is 0 Å². The Morgan fingerprint density at radius 2 is 0.971 bits per heavy atom. The molecule has 4 aromatic carbocycles. The van der Waals surface area contributed by atoms with E-state index >= 15 is 0 Å². The maximum absolute atomic E-state index is 12.1. The molecule has 0 heterocycles. The first kappa shape index (κ1) is 24.1. The Bertz CT molecular complexity index is 1230. The predicted octanol–water partition coefficient (Wildman–Crippen LogP) is 5.73. The number of esters is 1. The molecule has 0 aromatic heterocycles. The van der Waals surface area contributed by atoms with Gasteiger partial charge in [-0.05, 0) is 48.5 Å². The Hall–Kier alpha value is -4.51. The Labute approximate surface area is 198 Å². The van der Waals surface area contributed by atoms with E-state index in [1.165, 1.54) is 0 Å². The van der Waals surface area contributed by atoms with Crippen molar-refractivity contribution in [1.82, 2.24) is 0 Å². The highest BCUT2D eigenvalue weighted by atomic mass is 16.5. The summed E-state index contributed by atoms with van der Waals surface area (Å²) in [6.45, 7) is 1.73. The van der Waals surface area contributed by atoms with Gasteiger partial charge in [0, 0.05) is 34.4 Å². The molecule has 0 fully saturated rings. The summed E-state index contributed by atoms with van der Waals surface area (Å²) in [4.78, 5) is 35.2. The van der Waals surface area contributed by atoms with Gasteiger partial charge in [-0.3, -0.25) is 14.4 Å². The van der Waals surface area contributed by atoms with Crippen LogP contribution < -0.4 is 10.5 Å². The van der Waals surface area contributed by atoms with Crippen LogP contribution in [0.2, 0.25) is 0 Å². The van der Waals surface area contributed by atoms with Gasteiger partial charge in [-0.15, -0.1) is 0 Å². The number of carbonyl (C=O) groups is 3. The van der Waals surface area contributed by atoms with Gasteiger partial charge in [0.25, 0.3) is 0 Å². The third-order valence-electron chi connectivity index (χ3n) is 4.88. The average Bonchev–Trinajstić information content (AvgIpc) is 2.90. The second kappa shape index (κ2) is 11.9. The molecule has 0 radical (unpaired) electrons. The molecule has 5 heteroatoms. The molecule has 0 aliphatic carbocycles. The summed E-state index contributed by atoms with van der Waals surface area (Å²) >= 11 is 0. The molecule has 2 N–H and O–H groups in total. The van der Waals surface area contributed by atoms with E-state index in [9.17, 15) is 14.4 Å². The summed E-state index contributed by atoms with van der Waals surface area (Å²) in [5, 5.41) is 0. The number of hydrogen-bond donors (Lipinski definition) is 1. The van der Waals surface area contributed by atoms with Gasteiger partial charge in [-0.1, -0.05) is 67.6 Å². The van der Waals surface area contributed by atoms with E-state index in [1.54, 1.807) is 79.7 Å². The van der Waals surface area contributed by atoms with Crippen molar-refractivity contribution in [3.05, 3.63) is 131 Å². The van der Waals surface area contributed by atoms with Crippen LogP contribution in [-0.4, -0.2) is 17.5 Å². The summed E-state index contributed by atoms with van der Waals surface area (Å²) in [5.74, 6) is 0.142. The van der Waals surface area contributed by atoms with Gasteiger partial charge >= 0.3 is 5.97 Å². The van der Waals surface area contributed by atoms with E-state index in [1.807, 2.05) is 36.4 Å². The van der Waals surface area contributed by atoms with Gasteiger partial charge in [-0.2, -0.15) is 0 Å². The zero-order chi connectivity index (χ0) is 24.3. The van der Waals surface area contributed by atoms with Crippen molar-refractivity contribution < 1.29 is 19.1 Å². The second-order valence-electron chi connectivity index (χ2n) is 7.36. The first-order valence-corrected chi connectivity index (χ1v) is 10.8. The number of carbonyl (C=O) groups excluding carboxylic acids is 3. The molecule has 34 heavy (non-hydrogen) atoms. The second-order valence-corrected chi connectivity index (χ2v) is 7.36. The highest BCUT2D eigenvalue weighted by Crippen LogP contribution is 2.16. The zero-order valence-corrected chi connectivity index (χ0v) is 18.8. The summed E-state index contributed by atoms with van der Waals surface area (Å²) in [5.41, 5.74) is 8.79. The highest BCUT2D eigenvalue weighted by molar-refractivity contribution is 6.09. The van der Waals surface area contributed by atoms with Crippen LogP contribution in [0.4, 0.5) is 5.69 Å². The predicted molar refractivity (Wildman–Crippen MR) is 133 cm³/mol. The molecule has 0 unspecified atom stereocenters. The smallest absolute Gasteiger partial charge is 0.310 e. The number of rotatable bonds is 6. The van der Waals surface area contributed by atoms with Crippen LogP contribution in [0.25, 0.3) is 0 Å². The Morgan fingerprint density at radius 3 is 1.38 bits per heavy atom. The largest absolute Gasteiger partial charge is 0.427 e. The molecule has 0 saturated carbocycles. The lowest BCUT2D eigenvalue weighted by atomic mass is 10.0. The van der Waals surface area contributed by atoms with Gasteiger partial charge < -0.3 is 10.5 Å². The van der Waals surface area contributed by atoms with Crippen molar-refractivity contribution in [2.45, 2.75) is 13.3 Å². The molecule has 0 aliphatic rings. The molecule has 0 bridgehead atoms. The monoisotopic (exact) mass is 451 g/mol. The fourth-order valence-electron chi connectivity index (χ4n) is 3.02. The summed E-state index contributed by atoms with van der Waals surface area (Å²) in [6, 6.07) is 31.8. The average molecular weight is 452 g/mol. The lowest BCUT2D eigenvalue weighted by Crippen LogP contribution is -2.06. The van der Waals surface area contributed by atoms with Crippen molar-refractivity contribution in [3.63, 3.8) is 0 Å². The van der Waals surface area contributed by atoms with Gasteiger partial charge in [0.1, 0.15) is 5.75 Å². The van der Waals surface area contributed by atoms with Crippen molar-refractivity contribution in [2.75, 3.05) is 5.73 Å². The maximum atomic E-state index is 12.1. The number of hydrogen-bond acceptors (Lipinski definition) is 5. The number of nitrogens with two attached hydrogens (primary N) is 1. The van der Waals surface area contributed by atoms with Crippen LogP contribution in [0.5, 0.6) is 5.75 Å². The number of benzene rings is 4. The quantitative estimate of drug-likeness (QED) is 0.175. The van der Waals surface area contributed by atoms with E-state index < -0.39 is 0 Å². The summed E-state index contributed by atoms with van der Waals surface area (Å²) in [7, 11) is 0. The van der Waals surface area contributed by atoms with E-state index in [4.69, 9.17) is 10.5 Å². The lowest BCUT2D eigenvalue weighted by Gasteiger charge is -2.04. The molecular formula is C29H25NO4. The van der Waals surface area contributed by atoms with Crippen LogP contribution >= 0.6 is 0 Å². The number of ether oxygens (including phenoxy) is 1. The van der Waals surface area contributed by atoms with Crippen LogP contribution in [0.3, 0.4) is 0 Å². The van der Waals surface area contributed by atoms with Crippen LogP contribution in [0.1, 0.15) is 45.2 Å². The Balaban J connectivity index is 0.000000196. The number of nitrogen functional groups attached to an aromatic ring is 1. The third-order valence-corrected chi connectivity index (χ3v) is 4.88. The molecule has 4 aromatic rings. The molecule has 0 spiro atoms. The highest BCUT2D eigenvalue weighted by Gasteiger charge is 2.09. The number of anilines is 1. The van der Waals surface area contributed by atoms with Crippen molar-refractivity contribution >= 4 is 23.2 Å².